The monoisotopic (exact) mass is 421 g/mol. The van der Waals surface area contributed by atoms with Gasteiger partial charge in [-0.2, -0.15) is 0 Å². The number of hydrogen-bond acceptors (Lipinski definition) is 7. The SMILES string of the molecule is Nc1nc(-c2ccc(Cl)cc2Cl)c2cc(C(=O)Nc3nccs3)sc2n1. The average Bonchev–Trinajstić information content (AvgIpc) is 3.23. The smallest absolute Gasteiger partial charge is 0.267 e. The third-order valence-electron chi connectivity index (χ3n) is 3.47. The Balaban J connectivity index is 1.81. The number of carbonyl (C=O) groups excluding carboxylic acids is 1. The standard InChI is InChI=1S/C16H9Cl2N5OS2/c17-7-1-2-8(10(18)5-7)12-9-6-11(26-14(9)23-15(19)21-12)13(24)22-16-20-3-4-25-16/h1-6H,(H2,19,21,23)(H,20,22,24). The lowest BCUT2D eigenvalue weighted by molar-refractivity contribution is 0.103. The highest BCUT2D eigenvalue weighted by Crippen LogP contribution is 2.36. The van der Waals surface area contributed by atoms with E-state index in [1.807, 2.05) is 0 Å². The Kier molecular flexibility index (Phi) is 4.49. The second-order valence-electron chi connectivity index (χ2n) is 5.18. The number of anilines is 2. The largest absolute Gasteiger partial charge is 0.368 e. The van der Waals surface area contributed by atoms with Crippen LogP contribution in [0.1, 0.15) is 9.67 Å². The summed E-state index contributed by atoms with van der Waals surface area (Å²) < 4.78 is 0. The molecule has 1 amide bonds. The van der Waals surface area contributed by atoms with Gasteiger partial charge in [0, 0.05) is 27.5 Å². The first-order valence-corrected chi connectivity index (χ1v) is 9.70. The van der Waals surface area contributed by atoms with Crippen molar-refractivity contribution in [3.05, 3.63) is 50.8 Å². The van der Waals surface area contributed by atoms with Crippen molar-refractivity contribution in [2.75, 3.05) is 11.1 Å². The minimum absolute atomic E-state index is 0.104. The first-order chi connectivity index (χ1) is 12.5. The van der Waals surface area contributed by atoms with E-state index in [2.05, 4.69) is 20.3 Å². The van der Waals surface area contributed by atoms with E-state index in [-0.39, 0.29) is 11.9 Å². The molecule has 0 fully saturated rings. The van der Waals surface area contributed by atoms with Crippen molar-refractivity contribution in [1.82, 2.24) is 15.0 Å². The van der Waals surface area contributed by atoms with E-state index in [4.69, 9.17) is 28.9 Å². The molecule has 4 rings (SSSR count). The number of halogens is 2. The van der Waals surface area contributed by atoms with E-state index in [0.717, 1.165) is 0 Å². The number of aromatic nitrogens is 3. The number of nitrogen functional groups attached to an aromatic ring is 1. The highest BCUT2D eigenvalue weighted by Gasteiger charge is 2.18. The predicted octanol–water partition coefficient (Wildman–Crippen LogP) is 4.96. The molecule has 0 aliphatic rings. The zero-order valence-electron chi connectivity index (χ0n) is 12.9. The Hall–Kier alpha value is -2.26. The Morgan fingerprint density at radius 3 is 2.77 bits per heavy atom. The van der Waals surface area contributed by atoms with Gasteiger partial charge in [0.15, 0.2) is 5.13 Å². The molecule has 3 N–H and O–H groups in total. The number of thiophene rings is 1. The van der Waals surface area contributed by atoms with Crippen molar-refractivity contribution in [1.29, 1.82) is 0 Å². The van der Waals surface area contributed by atoms with Gasteiger partial charge in [0.05, 0.1) is 15.6 Å². The fraction of sp³-hybridized carbons (Fsp3) is 0. The summed E-state index contributed by atoms with van der Waals surface area (Å²) in [4.78, 5) is 26.1. The first-order valence-electron chi connectivity index (χ1n) is 7.24. The molecule has 10 heteroatoms. The molecular formula is C16H9Cl2N5OS2. The topological polar surface area (TPSA) is 93.8 Å². The van der Waals surface area contributed by atoms with E-state index >= 15 is 0 Å². The summed E-state index contributed by atoms with van der Waals surface area (Å²) in [6, 6.07) is 6.84. The van der Waals surface area contributed by atoms with Gasteiger partial charge in [-0.1, -0.05) is 23.2 Å². The van der Waals surface area contributed by atoms with Crippen LogP contribution in [-0.4, -0.2) is 20.9 Å². The van der Waals surface area contributed by atoms with Crippen LogP contribution in [0.5, 0.6) is 0 Å². The number of rotatable bonds is 3. The molecule has 0 saturated heterocycles. The quantitative estimate of drug-likeness (QED) is 0.487. The zero-order valence-corrected chi connectivity index (χ0v) is 16.0. The first kappa shape index (κ1) is 17.2. The Morgan fingerprint density at radius 2 is 2.04 bits per heavy atom. The Morgan fingerprint density at radius 1 is 1.19 bits per heavy atom. The number of hydrogen-bond donors (Lipinski definition) is 2. The van der Waals surface area contributed by atoms with Crippen molar-refractivity contribution in [2.45, 2.75) is 0 Å². The van der Waals surface area contributed by atoms with Gasteiger partial charge in [-0.05, 0) is 24.3 Å². The summed E-state index contributed by atoms with van der Waals surface area (Å²) in [7, 11) is 0. The molecule has 0 bridgehead atoms. The minimum atomic E-state index is -0.269. The van der Waals surface area contributed by atoms with Gasteiger partial charge in [-0.3, -0.25) is 10.1 Å². The molecule has 0 radical (unpaired) electrons. The molecule has 26 heavy (non-hydrogen) atoms. The summed E-state index contributed by atoms with van der Waals surface area (Å²) in [5.74, 6) is -0.165. The summed E-state index contributed by atoms with van der Waals surface area (Å²) >= 11 is 14.8. The van der Waals surface area contributed by atoms with Crippen molar-refractivity contribution >= 4 is 73.1 Å². The molecule has 0 aliphatic carbocycles. The molecule has 3 aromatic heterocycles. The molecule has 130 valence electrons. The van der Waals surface area contributed by atoms with Gasteiger partial charge in [-0.15, -0.1) is 22.7 Å². The molecule has 1 aromatic carbocycles. The molecule has 0 unspecified atom stereocenters. The van der Waals surface area contributed by atoms with Crippen molar-refractivity contribution in [3.8, 4) is 11.3 Å². The fourth-order valence-corrected chi connectivity index (χ4v) is 4.34. The predicted molar refractivity (Wildman–Crippen MR) is 107 cm³/mol. The minimum Gasteiger partial charge on any atom is -0.368 e. The number of amides is 1. The number of nitrogens with zero attached hydrogens (tertiary/aromatic N) is 3. The lowest BCUT2D eigenvalue weighted by Crippen LogP contribution is -2.09. The highest BCUT2D eigenvalue weighted by molar-refractivity contribution is 7.20. The van der Waals surface area contributed by atoms with Gasteiger partial charge in [0.1, 0.15) is 4.83 Å². The zero-order chi connectivity index (χ0) is 18.3. The molecule has 4 aromatic rings. The molecule has 3 heterocycles. The maximum atomic E-state index is 12.5. The molecule has 0 atom stereocenters. The fourth-order valence-electron chi connectivity index (χ4n) is 2.38. The molecular weight excluding hydrogens is 413 g/mol. The van der Waals surface area contributed by atoms with Crippen LogP contribution in [-0.2, 0) is 0 Å². The van der Waals surface area contributed by atoms with E-state index in [1.165, 1.54) is 22.7 Å². The van der Waals surface area contributed by atoms with Crippen molar-refractivity contribution < 1.29 is 4.79 Å². The number of nitrogens with one attached hydrogen (secondary N) is 1. The van der Waals surface area contributed by atoms with Crippen LogP contribution in [0, 0.1) is 0 Å². The maximum absolute atomic E-state index is 12.5. The number of fused-ring (bicyclic) bond motifs is 1. The van der Waals surface area contributed by atoms with Gasteiger partial charge in [-0.25, -0.2) is 15.0 Å². The molecule has 0 saturated carbocycles. The van der Waals surface area contributed by atoms with Crippen LogP contribution in [0.25, 0.3) is 21.5 Å². The summed E-state index contributed by atoms with van der Waals surface area (Å²) in [5, 5.41) is 6.71. The number of thiazole rings is 1. The van der Waals surface area contributed by atoms with E-state index in [9.17, 15) is 4.79 Å². The van der Waals surface area contributed by atoms with E-state index in [0.29, 0.717) is 41.5 Å². The normalized spacial score (nSPS) is 11.0. The lowest BCUT2D eigenvalue weighted by Gasteiger charge is -2.06. The Labute approximate surface area is 165 Å². The Bertz CT molecular complexity index is 1130. The van der Waals surface area contributed by atoms with Gasteiger partial charge in [0.25, 0.3) is 5.91 Å². The number of carbonyl (C=O) groups is 1. The van der Waals surface area contributed by atoms with Crippen LogP contribution < -0.4 is 11.1 Å². The van der Waals surface area contributed by atoms with Crippen LogP contribution in [0.2, 0.25) is 10.0 Å². The molecule has 0 spiro atoms. The van der Waals surface area contributed by atoms with E-state index in [1.54, 1.807) is 35.8 Å². The second kappa shape index (κ2) is 6.81. The summed E-state index contributed by atoms with van der Waals surface area (Å²) in [6.07, 6.45) is 1.62. The van der Waals surface area contributed by atoms with Crippen LogP contribution in [0.4, 0.5) is 11.1 Å². The van der Waals surface area contributed by atoms with Crippen LogP contribution >= 0.6 is 45.9 Å². The van der Waals surface area contributed by atoms with Crippen molar-refractivity contribution in [2.24, 2.45) is 0 Å². The second-order valence-corrected chi connectivity index (χ2v) is 7.94. The molecule has 0 aliphatic heterocycles. The third kappa shape index (κ3) is 3.24. The number of benzene rings is 1. The van der Waals surface area contributed by atoms with Crippen LogP contribution in [0.3, 0.4) is 0 Å². The van der Waals surface area contributed by atoms with Crippen molar-refractivity contribution in [3.63, 3.8) is 0 Å². The third-order valence-corrected chi connectivity index (χ3v) is 5.74. The summed E-state index contributed by atoms with van der Waals surface area (Å²) in [5.41, 5.74) is 7.06. The van der Waals surface area contributed by atoms with Gasteiger partial charge >= 0.3 is 0 Å². The lowest BCUT2D eigenvalue weighted by atomic mass is 10.1. The summed E-state index contributed by atoms with van der Waals surface area (Å²) in [6.45, 7) is 0. The average molecular weight is 422 g/mol. The van der Waals surface area contributed by atoms with Crippen LogP contribution in [0.15, 0.2) is 35.8 Å². The number of nitrogens with two attached hydrogens (primary N) is 1. The van der Waals surface area contributed by atoms with Gasteiger partial charge in [0.2, 0.25) is 5.95 Å². The maximum Gasteiger partial charge on any atom is 0.267 e. The van der Waals surface area contributed by atoms with Gasteiger partial charge < -0.3 is 5.73 Å². The van der Waals surface area contributed by atoms with E-state index < -0.39 is 0 Å². The highest BCUT2D eigenvalue weighted by atomic mass is 35.5. The molecule has 6 nitrogen and oxygen atoms in total.